The standard InChI is InChI=1S/C13H22N2O3/c1-9-7-14-8-10(9)12(16)15-6-4-3-5-11(15)13(17)18-2/h9-11,14H,3-8H2,1-2H3. The molecule has 2 rings (SSSR count). The highest BCUT2D eigenvalue weighted by atomic mass is 16.5. The molecule has 18 heavy (non-hydrogen) atoms. The summed E-state index contributed by atoms with van der Waals surface area (Å²) in [6, 6.07) is -0.371. The number of hydrogen-bond acceptors (Lipinski definition) is 4. The van der Waals surface area contributed by atoms with Crippen molar-refractivity contribution in [1.29, 1.82) is 0 Å². The van der Waals surface area contributed by atoms with E-state index in [1.165, 1.54) is 7.11 Å². The van der Waals surface area contributed by atoms with Gasteiger partial charge in [0, 0.05) is 13.1 Å². The van der Waals surface area contributed by atoms with Crippen LogP contribution in [0.5, 0.6) is 0 Å². The van der Waals surface area contributed by atoms with Crippen molar-refractivity contribution in [2.45, 2.75) is 32.2 Å². The number of likely N-dealkylation sites (tertiary alicyclic amines) is 1. The molecule has 0 aromatic rings. The summed E-state index contributed by atoms with van der Waals surface area (Å²) in [5.41, 5.74) is 0. The molecule has 5 nitrogen and oxygen atoms in total. The average Bonchev–Trinajstić information content (AvgIpc) is 2.83. The lowest BCUT2D eigenvalue weighted by Crippen LogP contribution is -2.51. The number of ether oxygens (including phenoxy) is 1. The average molecular weight is 254 g/mol. The maximum Gasteiger partial charge on any atom is 0.328 e. The van der Waals surface area contributed by atoms with Crippen LogP contribution in [-0.2, 0) is 14.3 Å². The van der Waals surface area contributed by atoms with E-state index < -0.39 is 0 Å². The van der Waals surface area contributed by atoms with Crippen molar-refractivity contribution in [3.05, 3.63) is 0 Å². The zero-order valence-electron chi connectivity index (χ0n) is 11.1. The zero-order valence-corrected chi connectivity index (χ0v) is 11.1. The van der Waals surface area contributed by atoms with Crippen molar-refractivity contribution in [1.82, 2.24) is 10.2 Å². The van der Waals surface area contributed by atoms with E-state index in [2.05, 4.69) is 12.2 Å². The summed E-state index contributed by atoms with van der Waals surface area (Å²) in [6.45, 7) is 4.37. The molecule has 0 aromatic carbocycles. The van der Waals surface area contributed by atoms with Gasteiger partial charge in [0.2, 0.25) is 5.91 Å². The molecule has 102 valence electrons. The smallest absolute Gasteiger partial charge is 0.328 e. The van der Waals surface area contributed by atoms with Gasteiger partial charge in [-0.25, -0.2) is 4.79 Å². The number of piperidine rings is 1. The Bertz CT molecular complexity index is 332. The van der Waals surface area contributed by atoms with Crippen LogP contribution in [0.15, 0.2) is 0 Å². The van der Waals surface area contributed by atoms with E-state index in [4.69, 9.17) is 4.74 Å². The lowest BCUT2D eigenvalue weighted by atomic mass is 9.93. The second kappa shape index (κ2) is 5.69. The molecule has 5 heteroatoms. The Kier molecular flexibility index (Phi) is 4.22. The molecule has 0 radical (unpaired) electrons. The minimum atomic E-state index is -0.371. The van der Waals surface area contributed by atoms with Crippen LogP contribution in [0.3, 0.4) is 0 Å². The van der Waals surface area contributed by atoms with Crippen LogP contribution in [0.2, 0.25) is 0 Å². The summed E-state index contributed by atoms with van der Waals surface area (Å²) in [5, 5.41) is 3.24. The first-order chi connectivity index (χ1) is 8.65. The lowest BCUT2D eigenvalue weighted by molar-refractivity contribution is -0.156. The van der Waals surface area contributed by atoms with Crippen LogP contribution in [0.25, 0.3) is 0 Å². The monoisotopic (exact) mass is 254 g/mol. The Morgan fingerprint density at radius 3 is 2.67 bits per heavy atom. The molecule has 3 atom stereocenters. The number of esters is 1. The largest absolute Gasteiger partial charge is 0.467 e. The van der Waals surface area contributed by atoms with Crippen LogP contribution in [0, 0.1) is 11.8 Å². The maximum atomic E-state index is 12.5. The first-order valence-corrected chi connectivity index (χ1v) is 6.74. The third kappa shape index (κ3) is 2.51. The number of carbonyl (C=O) groups excluding carboxylic acids is 2. The van der Waals surface area contributed by atoms with Crippen molar-refractivity contribution in [3.63, 3.8) is 0 Å². The summed E-state index contributed by atoms with van der Waals surface area (Å²) in [6.07, 6.45) is 2.70. The normalized spacial score (nSPS) is 32.3. The van der Waals surface area contributed by atoms with E-state index in [0.29, 0.717) is 12.5 Å². The van der Waals surface area contributed by atoms with Crippen LogP contribution in [-0.4, -0.2) is 49.6 Å². The number of nitrogens with zero attached hydrogens (tertiary/aromatic N) is 1. The highest BCUT2D eigenvalue weighted by molar-refractivity contribution is 5.86. The first kappa shape index (κ1) is 13.3. The number of rotatable bonds is 2. The zero-order chi connectivity index (χ0) is 13.1. The van der Waals surface area contributed by atoms with Gasteiger partial charge in [-0.15, -0.1) is 0 Å². The molecule has 1 amide bonds. The molecular weight excluding hydrogens is 232 g/mol. The molecule has 2 fully saturated rings. The molecule has 0 bridgehead atoms. The quantitative estimate of drug-likeness (QED) is 0.725. The Balaban J connectivity index is 2.08. The predicted molar refractivity (Wildman–Crippen MR) is 66.9 cm³/mol. The summed E-state index contributed by atoms with van der Waals surface area (Å²) < 4.78 is 4.81. The molecule has 2 aliphatic rings. The summed E-state index contributed by atoms with van der Waals surface area (Å²) in [4.78, 5) is 26.0. The molecule has 0 spiro atoms. The van der Waals surface area contributed by atoms with Gasteiger partial charge in [-0.2, -0.15) is 0 Å². The SMILES string of the molecule is COC(=O)C1CCCCN1C(=O)C1CNCC1C. The fraction of sp³-hybridized carbons (Fsp3) is 0.846. The minimum absolute atomic E-state index is 0.00950. The second-order valence-corrected chi connectivity index (χ2v) is 5.31. The minimum Gasteiger partial charge on any atom is -0.467 e. The van der Waals surface area contributed by atoms with Gasteiger partial charge in [-0.3, -0.25) is 4.79 Å². The fourth-order valence-corrected chi connectivity index (χ4v) is 2.93. The Labute approximate surface area is 108 Å². The van der Waals surface area contributed by atoms with Crippen LogP contribution >= 0.6 is 0 Å². The number of hydrogen-bond donors (Lipinski definition) is 1. The molecule has 2 heterocycles. The molecule has 2 saturated heterocycles. The maximum absolute atomic E-state index is 12.5. The number of methoxy groups -OCH3 is 1. The molecule has 2 aliphatic heterocycles. The highest BCUT2D eigenvalue weighted by Gasteiger charge is 2.39. The third-order valence-corrected chi connectivity index (χ3v) is 4.09. The van der Waals surface area contributed by atoms with Crippen molar-refractivity contribution in [3.8, 4) is 0 Å². The van der Waals surface area contributed by atoms with E-state index in [0.717, 1.165) is 32.4 Å². The van der Waals surface area contributed by atoms with E-state index in [1.54, 1.807) is 4.90 Å². The van der Waals surface area contributed by atoms with Gasteiger partial charge in [0.1, 0.15) is 6.04 Å². The Hall–Kier alpha value is -1.10. The van der Waals surface area contributed by atoms with Gasteiger partial charge in [0.15, 0.2) is 0 Å². The van der Waals surface area contributed by atoms with Gasteiger partial charge < -0.3 is 15.0 Å². The van der Waals surface area contributed by atoms with Crippen LogP contribution < -0.4 is 5.32 Å². The molecular formula is C13H22N2O3. The number of carbonyl (C=O) groups is 2. The van der Waals surface area contributed by atoms with Crippen molar-refractivity contribution >= 4 is 11.9 Å². The topological polar surface area (TPSA) is 58.6 Å². The van der Waals surface area contributed by atoms with Gasteiger partial charge in [-0.05, 0) is 31.7 Å². The van der Waals surface area contributed by atoms with Gasteiger partial charge in [0.25, 0.3) is 0 Å². The second-order valence-electron chi connectivity index (χ2n) is 5.31. The van der Waals surface area contributed by atoms with E-state index in [9.17, 15) is 9.59 Å². The van der Waals surface area contributed by atoms with E-state index in [1.807, 2.05) is 0 Å². The molecule has 0 aromatic heterocycles. The third-order valence-electron chi connectivity index (χ3n) is 4.09. The number of nitrogens with one attached hydrogen (secondary N) is 1. The Morgan fingerprint density at radius 2 is 2.06 bits per heavy atom. The predicted octanol–water partition coefficient (Wildman–Crippen LogP) is 0.396. The van der Waals surface area contributed by atoms with Crippen molar-refractivity contribution in [2.24, 2.45) is 11.8 Å². The van der Waals surface area contributed by atoms with Gasteiger partial charge >= 0.3 is 5.97 Å². The van der Waals surface area contributed by atoms with Gasteiger partial charge in [0.05, 0.1) is 13.0 Å². The van der Waals surface area contributed by atoms with Crippen LogP contribution in [0.4, 0.5) is 0 Å². The van der Waals surface area contributed by atoms with E-state index in [-0.39, 0.29) is 23.8 Å². The van der Waals surface area contributed by atoms with Crippen LogP contribution in [0.1, 0.15) is 26.2 Å². The first-order valence-electron chi connectivity index (χ1n) is 6.74. The summed E-state index contributed by atoms with van der Waals surface area (Å²) >= 11 is 0. The molecule has 0 aliphatic carbocycles. The molecule has 0 saturated carbocycles. The Morgan fingerprint density at radius 1 is 1.28 bits per heavy atom. The highest BCUT2D eigenvalue weighted by Crippen LogP contribution is 2.24. The summed E-state index contributed by atoms with van der Waals surface area (Å²) in [7, 11) is 1.39. The molecule has 3 unspecified atom stereocenters. The number of amides is 1. The van der Waals surface area contributed by atoms with E-state index >= 15 is 0 Å². The summed E-state index contributed by atoms with van der Waals surface area (Å²) in [5.74, 6) is 0.192. The fourth-order valence-electron chi connectivity index (χ4n) is 2.93. The lowest BCUT2D eigenvalue weighted by Gasteiger charge is -2.36. The van der Waals surface area contributed by atoms with Crippen molar-refractivity contribution < 1.29 is 14.3 Å². The molecule has 1 N–H and O–H groups in total. The van der Waals surface area contributed by atoms with Crippen molar-refractivity contribution in [2.75, 3.05) is 26.7 Å². The van der Waals surface area contributed by atoms with Gasteiger partial charge in [-0.1, -0.05) is 6.92 Å².